The molecule has 0 spiro atoms. The van der Waals surface area contributed by atoms with Crippen LogP contribution in [0.5, 0.6) is 0 Å². The Kier molecular flexibility index (Phi) is 4.62. The fraction of sp³-hybridized carbons (Fsp3) is 0.667. The molecule has 1 unspecified atom stereocenters. The lowest BCUT2D eigenvalue weighted by molar-refractivity contribution is -0.135. The third-order valence-electron chi connectivity index (χ3n) is 3.03. The van der Waals surface area contributed by atoms with E-state index in [-0.39, 0.29) is 22.9 Å². The van der Waals surface area contributed by atoms with Crippen LogP contribution in [0.15, 0.2) is 11.8 Å². The van der Waals surface area contributed by atoms with Gasteiger partial charge in [0.2, 0.25) is 5.91 Å². The summed E-state index contributed by atoms with van der Waals surface area (Å²) >= 11 is 4.05. The molecule has 1 atom stereocenters. The van der Waals surface area contributed by atoms with Crippen LogP contribution in [0.2, 0.25) is 0 Å². The van der Waals surface area contributed by atoms with Gasteiger partial charge in [0, 0.05) is 5.92 Å². The zero-order valence-corrected chi connectivity index (χ0v) is 11.1. The molecule has 0 radical (unpaired) electrons. The van der Waals surface area contributed by atoms with Crippen LogP contribution in [-0.4, -0.2) is 22.7 Å². The molecule has 1 aliphatic carbocycles. The van der Waals surface area contributed by atoms with Gasteiger partial charge < -0.3 is 10.4 Å². The van der Waals surface area contributed by atoms with Gasteiger partial charge >= 0.3 is 5.97 Å². The first-order valence-electron chi connectivity index (χ1n) is 5.73. The maximum atomic E-state index is 11.7. The minimum absolute atomic E-state index is 0.0127. The van der Waals surface area contributed by atoms with Gasteiger partial charge in [0.1, 0.15) is 5.70 Å². The molecule has 4 nitrogen and oxygen atoms in total. The molecule has 1 amide bonds. The van der Waals surface area contributed by atoms with Gasteiger partial charge in [-0.3, -0.25) is 4.79 Å². The number of thiol groups is 1. The van der Waals surface area contributed by atoms with E-state index in [1.807, 2.05) is 13.8 Å². The van der Waals surface area contributed by atoms with Gasteiger partial charge in [-0.15, -0.1) is 0 Å². The number of carboxylic acid groups (broad SMARTS) is 1. The number of aliphatic carboxylic acids is 1. The largest absolute Gasteiger partial charge is 0.477 e. The van der Waals surface area contributed by atoms with E-state index in [0.717, 1.165) is 12.8 Å². The second-order valence-corrected chi connectivity index (χ2v) is 5.47. The number of hydrogen-bond acceptors (Lipinski definition) is 3. The van der Waals surface area contributed by atoms with E-state index in [1.165, 1.54) is 0 Å². The van der Waals surface area contributed by atoms with Crippen molar-refractivity contribution in [2.45, 2.75) is 33.1 Å². The van der Waals surface area contributed by atoms with Crippen molar-refractivity contribution in [3.05, 3.63) is 11.8 Å². The molecule has 2 N–H and O–H groups in total. The average molecular weight is 257 g/mol. The van der Waals surface area contributed by atoms with Crippen LogP contribution in [0.1, 0.15) is 33.1 Å². The molecule has 1 saturated carbocycles. The van der Waals surface area contributed by atoms with Crippen LogP contribution in [0.4, 0.5) is 0 Å². The van der Waals surface area contributed by atoms with Gasteiger partial charge in [0.05, 0.1) is 0 Å². The Labute approximate surface area is 107 Å². The molecule has 17 heavy (non-hydrogen) atoms. The van der Waals surface area contributed by atoms with Crippen molar-refractivity contribution in [1.82, 2.24) is 5.32 Å². The Morgan fingerprint density at radius 2 is 2.12 bits per heavy atom. The summed E-state index contributed by atoms with van der Waals surface area (Å²) in [5.74, 6) is -0.631. The number of nitrogens with one attached hydrogen (secondary N) is 1. The number of rotatable bonds is 6. The molecule has 5 heteroatoms. The van der Waals surface area contributed by atoms with Crippen LogP contribution in [-0.2, 0) is 9.59 Å². The SMILES string of the molecule is CC1(C)CC1C(=O)N/C(=C/CCCS)C(=O)O. The van der Waals surface area contributed by atoms with Crippen LogP contribution >= 0.6 is 12.6 Å². The monoisotopic (exact) mass is 257 g/mol. The van der Waals surface area contributed by atoms with Crippen molar-refractivity contribution >= 4 is 24.5 Å². The number of carbonyl (C=O) groups excluding carboxylic acids is 1. The number of allylic oxidation sites excluding steroid dienone is 1. The molecule has 0 aromatic rings. The highest BCUT2D eigenvalue weighted by molar-refractivity contribution is 7.80. The van der Waals surface area contributed by atoms with Crippen LogP contribution in [0.3, 0.4) is 0 Å². The summed E-state index contributed by atoms with van der Waals surface area (Å²) in [7, 11) is 0. The Morgan fingerprint density at radius 3 is 2.53 bits per heavy atom. The molecule has 0 heterocycles. The summed E-state index contributed by atoms with van der Waals surface area (Å²) in [6.07, 6.45) is 3.78. The van der Waals surface area contributed by atoms with Crippen LogP contribution in [0.25, 0.3) is 0 Å². The average Bonchev–Trinajstić information content (AvgIpc) is 2.86. The van der Waals surface area contributed by atoms with Crippen molar-refractivity contribution in [1.29, 1.82) is 0 Å². The first kappa shape index (κ1) is 14.1. The first-order chi connectivity index (χ1) is 7.88. The van der Waals surface area contributed by atoms with Gasteiger partial charge in [0.15, 0.2) is 0 Å². The molecule has 1 rings (SSSR count). The minimum atomic E-state index is -1.09. The van der Waals surface area contributed by atoms with Crippen LogP contribution < -0.4 is 5.32 Å². The Hall–Kier alpha value is -0.970. The highest BCUT2D eigenvalue weighted by Crippen LogP contribution is 2.51. The van der Waals surface area contributed by atoms with Gasteiger partial charge in [-0.2, -0.15) is 12.6 Å². The minimum Gasteiger partial charge on any atom is -0.477 e. The van der Waals surface area contributed by atoms with Crippen LogP contribution in [0, 0.1) is 11.3 Å². The smallest absolute Gasteiger partial charge is 0.352 e. The lowest BCUT2D eigenvalue weighted by Crippen LogP contribution is -2.29. The normalized spacial score (nSPS) is 22.1. The van der Waals surface area contributed by atoms with E-state index in [1.54, 1.807) is 6.08 Å². The lowest BCUT2D eigenvalue weighted by atomic mass is 10.1. The summed E-state index contributed by atoms with van der Waals surface area (Å²) in [6, 6.07) is 0. The highest BCUT2D eigenvalue weighted by atomic mass is 32.1. The Balaban J connectivity index is 2.53. The Morgan fingerprint density at radius 1 is 1.53 bits per heavy atom. The van der Waals surface area contributed by atoms with Crippen molar-refractivity contribution in [3.8, 4) is 0 Å². The zero-order chi connectivity index (χ0) is 13.1. The van der Waals surface area contributed by atoms with Gasteiger partial charge in [-0.1, -0.05) is 19.9 Å². The van der Waals surface area contributed by atoms with E-state index in [0.29, 0.717) is 12.2 Å². The molecule has 0 bridgehead atoms. The first-order valence-corrected chi connectivity index (χ1v) is 6.37. The predicted molar refractivity (Wildman–Crippen MR) is 68.8 cm³/mol. The van der Waals surface area contributed by atoms with Gasteiger partial charge in [0.25, 0.3) is 0 Å². The molecule has 96 valence electrons. The summed E-state index contributed by atoms with van der Waals surface area (Å²) in [5.41, 5.74) is -0.00167. The topological polar surface area (TPSA) is 66.4 Å². The molecule has 0 aliphatic heterocycles. The quantitative estimate of drug-likeness (QED) is 0.386. The standard InChI is InChI=1S/C12H19NO3S/c1-12(2)7-8(12)10(14)13-9(11(15)16)5-3-4-6-17/h5,8,17H,3-4,6-7H2,1-2H3,(H,13,14)(H,15,16)/b9-5+. The number of hydrogen-bond donors (Lipinski definition) is 3. The Bertz CT molecular complexity index is 350. The van der Waals surface area contributed by atoms with E-state index in [2.05, 4.69) is 17.9 Å². The molecule has 0 aromatic heterocycles. The number of carboxylic acids is 1. The third kappa shape index (κ3) is 4.07. The summed E-state index contributed by atoms with van der Waals surface area (Å²) in [4.78, 5) is 22.7. The van der Waals surface area contributed by atoms with E-state index >= 15 is 0 Å². The maximum absolute atomic E-state index is 11.7. The summed E-state index contributed by atoms with van der Waals surface area (Å²) in [5, 5.41) is 11.4. The maximum Gasteiger partial charge on any atom is 0.352 e. The molecule has 1 fully saturated rings. The van der Waals surface area contributed by atoms with Gasteiger partial charge in [-0.25, -0.2) is 4.79 Å². The second kappa shape index (κ2) is 5.58. The van der Waals surface area contributed by atoms with Gasteiger partial charge in [-0.05, 0) is 30.4 Å². The fourth-order valence-electron chi connectivity index (χ4n) is 1.66. The van der Waals surface area contributed by atoms with E-state index < -0.39 is 5.97 Å². The van der Waals surface area contributed by atoms with E-state index in [4.69, 9.17) is 5.11 Å². The second-order valence-electron chi connectivity index (χ2n) is 5.02. The molecule has 0 aromatic carbocycles. The number of unbranched alkanes of at least 4 members (excludes halogenated alkanes) is 1. The summed E-state index contributed by atoms with van der Waals surface area (Å²) < 4.78 is 0. The van der Waals surface area contributed by atoms with Crippen molar-refractivity contribution in [2.75, 3.05) is 5.75 Å². The third-order valence-corrected chi connectivity index (χ3v) is 3.35. The molecular weight excluding hydrogens is 238 g/mol. The van der Waals surface area contributed by atoms with Crippen molar-refractivity contribution < 1.29 is 14.7 Å². The summed E-state index contributed by atoms with van der Waals surface area (Å²) in [6.45, 7) is 4.00. The fourth-order valence-corrected chi connectivity index (χ4v) is 1.85. The lowest BCUT2D eigenvalue weighted by Gasteiger charge is -2.07. The number of carbonyl (C=O) groups is 2. The highest BCUT2D eigenvalue weighted by Gasteiger charge is 2.50. The number of amides is 1. The molecule has 0 saturated heterocycles. The molecular formula is C12H19NO3S. The predicted octanol–water partition coefficient (Wildman–Crippen LogP) is 1.83. The molecule has 1 aliphatic rings. The van der Waals surface area contributed by atoms with E-state index in [9.17, 15) is 9.59 Å². The van der Waals surface area contributed by atoms with Crippen molar-refractivity contribution in [3.63, 3.8) is 0 Å². The van der Waals surface area contributed by atoms with Crippen molar-refractivity contribution in [2.24, 2.45) is 11.3 Å². The zero-order valence-electron chi connectivity index (χ0n) is 10.2.